The summed E-state index contributed by atoms with van der Waals surface area (Å²) in [5.41, 5.74) is 6.56. The molecule has 6 heteroatoms. The summed E-state index contributed by atoms with van der Waals surface area (Å²) in [7, 11) is 0. The normalized spacial score (nSPS) is 13.6. The molecule has 0 aromatic heterocycles. The molecule has 0 saturated heterocycles. The van der Waals surface area contributed by atoms with Crippen LogP contribution in [0.5, 0.6) is 5.75 Å². The third-order valence-electron chi connectivity index (χ3n) is 3.11. The number of benzene rings is 1. The fourth-order valence-electron chi connectivity index (χ4n) is 1.75. The Kier molecular flexibility index (Phi) is 6.81. The Balaban J connectivity index is 2.61. The van der Waals surface area contributed by atoms with Gasteiger partial charge in [0, 0.05) is 0 Å². The second-order valence-electron chi connectivity index (χ2n) is 5.12. The van der Waals surface area contributed by atoms with Crippen LogP contribution in [-0.2, 0) is 16.0 Å². The molecule has 5 nitrogen and oxygen atoms in total. The molecular weight excluding hydrogens is 275 g/mol. The Labute approximate surface area is 123 Å². The molecule has 2 atom stereocenters. The van der Waals surface area contributed by atoms with E-state index in [-0.39, 0.29) is 11.8 Å². The number of nitrogens with one attached hydrogen (secondary N) is 1. The predicted molar refractivity (Wildman–Crippen MR) is 77.6 cm³/mol. The number of nitrogens with two attached hydrogens (primary N) is 1. The number of carbonyl (C=O) groups is 2. The van der Waals surface area contributed by atoms with Crippen molar-refractivity contribution in [2.75, 3.05) is 6.86 Å². The van der Waals surface area contributed by atoms with Crippen LogP contribution < -0.4 is 15.8 Å². The molecule has 2 unspecified atom stereocenters. The van der Waals surface area contributed by atoms with Crippen LogP contribution in [0.4, 0.5) is 4.39 Å². The molecule has 116 valence electrons. The summed E-state index contributed by atoms with van der Waals surface area (Å²) >= 11 is 0. The summed E-state index contributed by atoms with van der Waals surface area (Å²) in [6.45, 7) is 2.78. The van der Waals surface area contributed by atoms with Gasteiger partial charge in [-0.15, -0.1) is 0 Å². The van der Waals surface area contributed by atoms with Crippen molar-refractivity contribution in [1.29, 1.82) is 0 Å². The van der Waals surface area contributed by atoms with Gasteiger partial charge in [0.15, 0.2) is 0 Å². The Morgan fingerprint density at radius 1 is 1.38 bits per heavy atom. The predicted octanol–water partition coefficient (Wildman–Crippen LogP) is 1.20. The SMILES string of the molecule is CC(C)C(N)C(=O)NC(C=O)Cc1ccc(OCF)cc1. The molecule has 0 aliphatic carbocycles. The third kappa shape index (κ3) is 5.51. The first-order valence-corrected chi connectivity index (χ1v) is 6.77. The minimum absolute atomic E-state index is 0.00515. The Morgan fingerprint density at radius 3 is 2.48 bits per heavy atom. The minimum Gasteiger partial charge on any atom is -0.463 e. The van der Waals surface area contributed by atoms with Crippen molar-refractivity contribution < 1.29 is 18.7 Å². The molecule has 0 aliphatic rings. The molecule has 1 aromatic rings. The van der Waals surface area contributed by atoms with Crippen molar-refractivity contribution in [3.8, 4) is 5.75 Å². The highest BCUT2D eigenvalue weighted by molar-refractivity contribution is 5.84. The second kappa shape index (κ2) is 8.36. The molecule has 1 amide bonds. The van der Waals surface area contributed by atoms with Crippen LogP contribution in [0.25, 0.3) is 0 Å². The highest BCUT2D eigenvalue weighted by Crippen LogP contribution is 2.13. The molecule has 0 heterocycles. The summed E-state index contributed by atoms with van der Waals surface area (Å²) in [4.78, 5) is 22.9. The standard InChI is InChI=1S/C15H21FN2O3/c1-10(2)14(17)15(20)18-12(8-19)7-11-3-5-13(6-4-11)21-9-16/h3-6,8,10,12,14H,7,9,17H2,1-2H3,(H,18,20). The summed E-state index contributed by atoms with van der Waals surface area (Å²) in [6, 6.07) is 5.37. The molecule has 0 aliphatic heterocycles. The van der Waals surface area contributed by atoms with Crippen molar-refractivity contribution >= 4 is 12.2 Å². The zero-order valence-electron chi connectivity index (χ0n) is 12.2. The van der Waals surface area contributed by atoms with Crippen LogP contribution in [0.3, 0.4) is 0 Å². The summed E-state index contributed by atoms with van der Waals surface area (Å²) in [6.07, 6.45) is 1.02. The monoisotopic (exact) mass is 296 g/mol. The topological polar surface area (TPSA) is 81.4 Å². The maximum Gasteiger partial charge on any atom is 0.237 e. The molecule has 3 N–H and O–H groups in total. The summed E-state index contributed by atoms with van der Waals surface area (Å²) < 4.78 is 16.7. The number of halogens is 1. The first-order valence-electron chi connectivity index (χ1n) is 6.77. The Morgan fingerprint density at radius 2 is 2.00 bits per heavy atom. The maximum atomic E-state index is 12.0. The van der Waals surface area contributed by atoms with Crippen LogP contribution in [0.15, 0.2) is 24.3 Å². The molecule has 0 bridgehead atoms. The average Bonchev–Trinajstić information content (AvgIpc) is 2.47. The number of ether oxygens (including phenoxy) is 1. The largest absolute Gasteiger partial charge is 0.463 e. The van der Waals surface area contributed by atoms with Crippen molar-refractivity contribution in [3.05, 3.63) is 29.8 Å². The van der Waals surface area contributed by atoms with Gasteiger partial charge in [0.2, 0.25) is 12.8 Å². The smallest absolute Gasteiger partial charge is 0.237 e. The molecular formula is C15H21FN2O3. The molecule has 0 radical (unpaired) electrons. The van der Waals surface area contributed by atoms with Crippen molar-refractivity contribution in [3.63, 3.8) is 0 Å². The van der Waals surface area contributed by atoms with Crippen LogP contribution in [0.2, 0.25) is 0 Å². The van der Waals surface area contributed by atoms with Crippen molar-refractivity contribution in [1.82, 2.24) is 5.32 Å². The summed E-state index contributed by atoms with van der Waals surface area (Å²) in [5, 5.41) is 2.61. The molecule has 21 heavy (non-hydrogen) atoms. The van der Waals surface area contributed by atoms with Gasteiger partial charge in [0.25, 0.3) is 0 Å². The lowest BCUT2D eigenvalue weighted by molar-refractivity contribution is -0.125. The van der Waals surface area contributed by atoms with Gasteiger partial charge in [-0.1, -0.05) is 26.0 Å². The molecule has 0 saturated carbocycles. The second-order valence-corrected chi connectivity index (χ2v) is 5.12. The van der Waals surface area contributed by atoms with Crippen molar-refractivity contribution in [2.45, 2.75) is 32.4 Å². The van der Waals surface area contributed by atoms with Gasteiger partial charge in [0.1, 0.15) is 12.0 Å². The number of carbonyl (C=O) groups excluding carboxylic acids is 2. The molecule has 1 aromatic carbocycles. The van der Waals surface area contributed by atoms with E-state index in [1.807, 2.05) is 13.8 Å². The van der Waals surface area contributed by atoms with Gasteiger partial charge >= 0.3 is 0 Å². The zero-order valence-corrected chi connectivity index (χ0v) is 12.2. The Hall–Kier alpha value is -1.95. The van der Waals surface area contributed by atoms with E-state index in [4.69, 9.17) is 10.5 Å². The number of hydrogen-bond donors (Lipinski definition) is 2. The van der Waals surface area contributed by atoms with Crippen LogP contribution in [0.1, 0.15) is 19.4 Å². The van der Waals surface area contributed by atoms with Crippen LogP contribution in [0, 0.1) is 5.92 Å². The van der Waals surface area contributed by atoms with Gasteiger partial charge in [-0.05, 0) is 30.0 Å². The van der Waals surface area contributed by atoms with Crippen molar-refractivity contribution in [2.24, 2.45) is 11.7 Å². The van der Waals surface area contributed by atoms with E-state index < -0.39 is 18.9 Å². The van der Waals surface area contributed by atoms with Gasteiger partial charge in [-0.2, -0.15) is 0 Å². The van der Waals surface area contributed by atoms with E-state index in [2.05, 4.69) is 5.32 Å². The van der Waals surface area contributed by atoms with E-state index in [0.717, 1.165) is 5.56 Å². The molecule has 0 fully saturated rings. The van der Waals surface area contributed by atoms with Crippen LogP contribution in [-0.4, -0.2) is 31.1 Å². The fourth-order valence-corrected chi connectivity index (χ4v) is 1.75. The first-order chi connectivity index (χ1) is 9.97. The van der Waals surface area contributed by atoms with Gasteiger partial charge in [-0.25, -0.2) is 4.39 Å². The average molecular weight is 296 g/mol. The minimum atomic E-state index is -0.889. The zero-order chi connectivity index (χ0) is 15.8. The lowest BCUT2D eigenvalue weighted by Crippen LogP contribution is -2.49. The van der Waals surface area contributed by atoms with Gasteiger partial charge < -0.3 is 20.6 Å². The molecule has 1 rings (SSSR count). The number of amides is 1. The highest BCUT2D eigenvalue weighted by atomic mass is 19.1. The van der Waals surface area contributed by atoms with E-state index in [1.54, 1.807) is 24.3 Å². The van der Waals surface area contributed by atoms with E-state index >= 15 is 0 Å². The van der Waals surface area contributed by atoms with Gasteiger partial charge in [-0.3, -0.25) is 4.79 Å². The Bertz CT molecular complexity index is 462. The lowest BCUT2D eigenvalue weighted by atomic mass is 10.0. The number of rotatable bonds is 8. The number of alkyl halides is 1. The van der Waals surface area contributed by atoms with E-state index in [0.29, 0.717) is 18.5 Å². The quantitative estimate of drug-likeness (QED) is 0.706. The molecule has 0 spiro atoms. The van der Waals surface area contributed by atoms with E-state index in [1.165, 1.54) is 0 Å². The third-order valence-corrected chi connectivity index (χ3v) is 3.11. The van der Waals surface area contributed by atoms with E-state index in [9.17, 15) is 14.0 Å². The van der Waals surface area contributed by atoms with Gasteiger partial charge in [0.05, 0.1) is 12.1 Å². The first kappa shape index (κ1) is 17.1. The maximum absolute atomic E-state index is 12.0. The number of aldehydes is 1. The van der Waals surface area contributed by atoms with Crippen LogP contribution >= 0.6 is 0 Å². The highest BCUT2D eigenvalue weighted by Gasteiger charge is 2.20. The summed E-state index contributed by atoms with van der Waals surface area (Å²) in [5.74, 6) is 0.0590. The fraction of sp³-hybridized carbons (Fsp3) is 0.467. The lowest BCUT2D eigenvalue weighted by Gasteiger charge is -2.19. The number of hydrogen-bond acceptors (Lipinski definition) is 4.